The number of nitrogens with zero attached hydrogens (tertiary/aromatic N) is 5. The average molecular weight is 482 g/mol. The van der Waals surface area contributed by atoms with Gasteiger partial charge in [-0.15, -0.1) is 0 Å². The number of benzene rings is 1. The highest BCUT2D eigenvalue weighted by molar-refractivity contribution is 6.38. The Morgan fingerprint density at radius 3 is 2.59 bits per heavy atom. The minimum Gasteiger partial charge on any atom is -0.484 e. The summed E-state index contributed by atoms with van der Waals surface area (Å²) in [4.78, 5) is 13.6. The Hall–Kier alpha value is -3.14. The highest BCUT2D eigenvalue weighted by atomic mass is 35.5. The molecule has 1 saturated heterocycles. The first-order chi connectivity index (χ1) is 16.4. The molecule has 1 fully saturated rings. The van der Waals surface area contributed by atoms with Crippen LogP contribution in [0.15, 0.2) is 24.5 Å². The normalized spacial score (nSPS) is 20.8. The van der Waals surface area contributed by atoms with Crippen LogP contribution in [0.2, 0.25) is 5.02 Å². The van der Waals surface area contributed by atoms with Crippen molar-refractivity contribution in [3.8, 4) is 17.3 Å². The molecule has 9 nitrogen and oxygen atoms in total. The van der Waals surface area contributed by atoms with E-state index >= 15 is 0 Å². The second-order valence-electron chi connectivity index (χ2n) is 8.70. The average Bonchev–Trinajstić information content (AvgIpc) is 3.42. The molecule has 176 valence electrons. The standard InChI is InChI=1S/C24H24ClN5O4/c1-12-26-9-17(29(12)3)24(31)15-5-6-16-19(21(15)30-13(2)27-10-18(24)30)20(25)22(23(28-16)32-4)34-11-14-7-8-33-14/h5-6,9-10,14,31H,7-8,11H2,1-4H3. The summed E-state index contributed by atoms with van der Waals surface area (Å²) in [6, 6.07) is 3.71. The summed E-state index contributed by atoms with van der Waals surface area (Å²) < 4.78 is 20.8. The molecule has 0 bridgehead atoms. The summed E-state index contributed by atoms with van der Waals surface area (Å²) in [5.74, 6) is 2.16. The Labute approximate surface area is 200 Å². The lowest BCUT2D eigenvalue weighted by atomic mass is 9.88. The Bertz CT molecular complexity index is 1460. The molecule has 2 aliphatic rings. The number of aromatic nitrogens is 5. The van der Waals surface area contributed by atoms with E-state index in [1.807, 2.05) is 42.2 Å². The number of halogens is 1. The van der Waals surface area contributed by atoms with Crippen molar-refractivity contribution >= 4 is 22.5 Å². The molecule has 3 aromatic heterocycles. The Morgan fingerprint density at radius 2 is 1.94 bits per heavy atom. The summed E-state index contributed by atoms with van der Waals surface area (Å²) >= 11 is 7.00. The molecule has 34 heavy (non-hydrogen) atoms. The van der Waals surface area contributed by atoms with E-state index in [4.69, 9.17) is 25.8 Å². The number of fused-ring (bicyclic) bond motifs is 5. The fourth-order valence-corrected chi connectivity index (χ4v) is 5.19. The summed E-state index contributed by atoms with van der Waals surface area (Å²) in [6.45, 7) is 4.87. The smallest absolute Gasteiger partial charge is 0.258 e. The number of hydrogen-bond acceptors (Lipinski definition) is 7. The lowest BCUT2D eigenvalue weighted by Crippen LogP contribution is -2.32. The predicted octanol–water partition coefficient (Wildman–Crippen LogP) is 3.20. The summed E-state index contributed by atoms with van der Waals surface area (Å²) in [7, 11) is 3.42. The Kier molecular flexibility index (Phi) is 4.68. The predicted molar refractivity (Wildman–Crippen MR) is 125 cm³/mol. The maximum Gasteiger partial charge on any atom is 0.258 e. The van der Waals surface area contributed by atoms with E-state index in [2.05, 4.69) is 15.0 Å². The molecule has 2 unspecified atom stereocenters. The van der Waals surface area contributed by atoms with Crippen molar-refractivity contribution in [2.24, 2.45) is 7.05 Å². The van der Waals surface area contributed by atoms with Crippen molar-refractivity contribution in [1.29, 1.82) is 0 Å². The van der Waals surface area contributed by atoms with Crippen molar-refractivity contribution in [1.82, 2.24) is 24.1 Å². The van der Waals surface area contributed by atoms with Gasteiger partial charge in [0.1, 0.15) is 18.3 Å². The third kappa shape index (κ3) is 2.71. The van der Waals surface area contributed by atoms with Gasteiger partial charge < -0.3 is 23.9 Å². The van der Waals surface area contributed by atoms with E-state index in [-0.39, 0.29) is 6.10 Å². The number of imidazole rings is 2. The van der Waals surface area contributed by atoms with Crippen LogP contribution in [0.3, 0.4) is 0 Å². The fraction of sp³-hybridized carbons (Fsp3) is 0.375. The lowest BCUT2D eigenvalue weighted by Gasteiger charge is -2.27. The summed E-state index contributed by atoms with van der Waals surface area (Å²) in [6.07, 6.45) is 4.35. The van der Waals surface area contributed by atoms with Gasteiger partial charge in [0.05, 0.1) is 53.2 Å². The minimum absolute atomic E-state index is 0.0265. The van der Waals surface area contributed by atoms with Crippen molar-refractivity contribution in [2.45, 2.75) is 32.0 Å². The largest absolute Gasteiger partial charge is 0.484 e. The molecule has 4 aromatic rings. The molecule has 1 N–H and O–H groups in total. The van der Waals surface area contributed by atoms with Gasteiger partial charge in [0, 0.05) is 31.0 Å². The first kappa shape index (κ1) is 21.4. The van der Waals surface area contributed by atoms with E-state index in [1.54, 1.807) is 12.4 Å². The monoisotopic (exact) mass is 481 g/mol. The van der Waals surface area contributed by atoms with E-state index in [9.17, 15) is 5.11 Å². The molecule has 10 heteroatoms. The van der Waals surface area contributed by atoms with Crippen LogP contribution >= 0.6 is 11.6 Å². The maximum atomic E-state index is 12.3. The molecule has 2 aliphatic heterocycles. The van der Waals surface area contributed by atoms with Gasteiger partial charge in [0.2, 0.25) is 5.75 Å². The zero-order valence-electron chi connectivity index (χ0n) is 19.3. The molecular weight excluding hydrogens is 458 g/mol. The first-order valence-corrected chi connectivity index (χ1v) is 11.5. The van der Waals surface area contributed by atoms with Crippen LogP contribution in [0.4, 0.5) is 0 Å². The van der Waals surface area contributed by atoms with Gasteiger partial charge in [0.25, 0.3) is 5.88 Å². The van der Waals surface area contributed by atoms with Crippen molar-refractivity contribution in [2.75, 3.05) is 20.3 Å². The van der Waals surface area contributed by atoms with E-state index in [0.717, 1.165) is 24.7 Å². The second-order valence-corrected chi connectivity index (χ2v) is 9.08. The van der Waals surface area contributed by atoms with Crippen LogP contribution in [0, 0.1) is 13.8 Å². The van der Waals surface area contributed by atoms with Gasteiger partial charge in [-0.05, 0) is 19.9 Å². The van der Waals surface area contributed by atoms with Gasteiger partial charge in [-0.3, -0.25) is 4.57 Å². The van der Waals surface area contributed by atoms with E-state index < -0.39 is 5.60 Å². The van der Waals surface area contributed by atoms with Gasteiger partial charge in [-0.2, -0.15) is 0 Å². The van der Waals surface area contributed by atoms with Gasteiger partial charge in [-0.25, -0.2) is 15.0 Å². The molecule has 0 aliphatic carbocycles. The van der Waals surface area contributed by atoms with Crippen LogP contribution in [-0.4, -0.2) is 55.6 Å². The number of ether oxygens (including phenoxy) is 3. The zero-order valence-corrected chi connectivity index (χ0v) is 20.0. The molecule has 0 radical (unpaired) electrons. The molecule has 6 rings (SSSR count). The number of aliphatic hydroxyl groups is 1. The van der Waals surface area contributed by atoms with Crippen LogP contribution in [-0.2, 0) is 17.4 Å². The van der Waals surface area contributed by atoms with Gasteiger partial charge in [0.15, 0.2) is 5.60 Å². The zero-order chi connectivity index (χ0) is 23.8. The number of aryl methyl sites for hydroxylation is 2. The first-order valence-electron chi connectivity index (χ1n) is 11.1. The molecule has 0 spiro atoms. The third-order valence-corrected chi connectivity index (χ3v) is 7.27. The molecule has 0 amide bonds. The number of hydrogen-bond donors (Lipinski definition) is 1. The number of pyridine rings is 1. The highest BCUT2D eigenvalue weighted by Gasteiger charge is 2.48. The lowest BCUT2D eigenvalue weighted by molar-refractivity contribution is -0.0723. The number of rotatable bonds is 5. The second kappa shape index (κ2) is 7.43. The Morgan fingerprint density at radius 1 is 1.21 bits per heavy atom. The molecular formula is C24H24ClN5O4. The Balaban J connectivity index is 1.64. The summed E-state index contributed by atoms with van der Waals surface area (Å²) in [5.41, 5.74) is 1.80. The topological polar surface area (TPSA) is 96.4 Å². The quantitative estimate of drug-likeness (QED) is 0.467. The van der Waals surface area contributed by atoms with Gasteiger partial charge >= 0.3 is 0 Å². The van der Waals surface area contributed by atoms with E-state index in [1.165, 1.54) is 7.11 Å². The van der Waals surface area contributed by atoms with Crippen LogP contribution in [0.1, 0.15) is 35.0 Å². The summed E-state index contributed by atoms with van der Waals surface area (Å²) in [5, 5.41) is 13.3. The van der Waals surface area contributed by atoms with Crippen LogP contribution < -0.4 is 9.47 Å². The molecule has 1 aromatic carbocycles. The van der Waals surface area contributed by atoms with Crippen LogP contribution in [0.5, 0.6) is 11.6 Å². The van der Waals surface area contributed by atoms with E-state index in [0.29, 0.717) is 56.8 Å². The third-order valence-electron chi connectivity index (χ3n) is 6.90. The van der Waals surface area contributed by atoms with Gasteiger partial charge in [-0.1, -0.05) is 17.7 Å². The van der Waals surface area contributed by atoms with Crippen molar-refractivity contribution in [3.05, 3.63) is 58.1 Å². The van der Waals surface area contributed by atoms with Crippen LogP contribution in [0.25, 0.3) is 16.6 Å². The maximum absolute atomic E-state index is 12.3. The fourth-order valence-electron chi connectivity index (χ4n) is 4.86. The molecule has 2 atom stereocenters. The molecule has 5 heterocycles. The number of methoxy groups -OCH3 is 1. The minimum atomic E-state index is -1.47. The SMILES string of the molecule is COc1nc2ccc3c(c2c(Cl)c1OCC1CCO1)-n1c(cnc1C)C3(O)c1cnc(C)n1C. The highest BCUT2D eigenvalue weighted by Crippen LogP contribution is 2.51. The molecule has 0 saturated carbocycles. The van der Waals surface area contributed by atoms with Crippen molar-refractivity contribution in [3.63, 3.8) is 0 Å². The van der Waals surface area contributed by atoms with Crippen molar-refractivity contribution < 1.29 is 19.3 Å².